The summed E-state index contributed by atoms with van der Waals surface area (Å²) >= 11 is 3.54. The smallest absolute Gasteiger partial charge is 0.0348 e. The zero-order valence-electron chi connectivity index (χ0n) is 26.4. The molecule has 0 unspecified atom stereocenters. The summed E-state index contributed by atoms with van der Waals surface area (Å²) in [6.45, 7) is 0. The van der Waals surface area contributed by atoms with Crippen molar-refractivity contribution >= 4 is 70.3 Å². The van der Waals surface area contributed by atoms with E-state index in [1.54, 1.807) is 22.7 Å². The zero-order chi connectivity index (χ0) is 32.4. The molecule has 0 nitrogen and oxygen atoms in total. The van der Waals surface area contributed by atoms with Crippen LogP contribution in [0.1, 0.15) is 54.3 Å². The van der Waals surface area contributed by atoms with E-state index in [0.29, 0.717) is 0 Å². The maximum absolute atomic E-state index is 2.32. The van der Waals surface area contributed by atoms with E-state index in [1.807, 2.05) is 0 Å². The summed E-state index contributed by atoms with van der Waals surface area (Å²) in [7, 11) is 0. The highest BCUT2D eigenvalue weighted by molar-refractivity contribution is 7.11. The van der Waals surface area contributed by atoms with Crippen LogP contribution in [-0.4, -0.2) is 0 Å². The second-order valence-corrected chi connectivity index (χ2v) is 13.3. The maximum Gasteiger partial charge on any atom is 0.0348 e. The number of rotatable bonds is 10. The lowest BCUT2D eigenvalue weighted by molar-refractivity contribution is 1.58. The molecule has 7 rings (SSSR count). The minimum atomic E-state index is 1.17. The first kappa shape index (κ1) is 31.1. The molecule has 0 aliphatic rings. The van der Waals surface area contributed by atoms with Gasteiger partial charge in [-0.3, -0.25) is 0 Å². The van der Waals surface area contributed by atoms with Gasteiger partial charge < -0.3 is 0 Å². The highest BCUT2D eigenvalue weighted by Gasteiger charge is 2.09. The molecule has 0 fully saturated rings. The molecule has 0 N–H and O–H groups in total. The molecule has 2 aromatic heterocycles. The van der Waals surface area contributed by atoms with E-state index >= 15 is 0 Å². The van der Waals surface area contributed by atoms with Gasteiger partial charge in [-0.25, -0.2) is 0 Å². The van der Waals surface area contributed by atoms with Gasteiger partial charge in [0, 0.05) is 9.75 Å². The van der Waals surface area contributed by atoms with Crippen LogP contribution in [0.15, 0.2) is 168 Å². The van der Waals surface area contributed by atoms with E-state index in [4.69, 9.17) is 0 Å². The van der Waals surface area contributed by atoms with E-state index < -0.39 is 0 Å². The first-order valence-electron chi connectivity index (χ1n) is 16.1. The monoisotopic (exact) mass is 650 g/mol. The van der Waals surface area contributed by atoms with Gasteiger partial charge in [0.1, 0.15) is 0 Å². The lowest BCUT2D eigenvalue weighted by atomic mass is 9.97. The van der Waals surface area contributed by atoms with Crippen LogP contribution in [-0.2, 0) is 0 Å². The molecule has 0 saturated carbocycles. The van der Waals surface area contributed by atoms with E-state index in [2.05, 4.69) is 205 Å². The molecule has 0 amide bonds. The Balaban J connectivity index is 1.20. The third-order valence-electron chi connectivity index (χ3n) is 8.22. The van der Waals surface area contributed by atoms with Crippen molar-refractivity contribution in [3.63, 3.8) is 0 Å². The average Bonchev–Trinajstić information content (AvgIpc) is 3.89. The predicted molar refractivity (Wildman–Crippen MR) is 213 cm³/mol. The fourth-order valence-electron chi connectivity index (χ4n) is 5.77. The van der Waals surface area contributed by atoms with Crippen LogP contribution in [0.2, 0.25) is 0 Å². The zero-order valence-corrected chi connectivity index (χ0v) is 28.1. The van der Waals surface area contributed by atoms with Gasteiger partial charge in [-0.2, -0.15) is 0 Å². The summed E-state index contributed by atoms with van der Waals surface area (Å²) in [5, 5.41) is 4.28. The normalized spacial score (nSPS) is 12.2. The summed E-state index contributed by atoms with van der Waals surface area (Å²) in [4.78, 5) is 2.52. The molecule has 0 saturated heterocycles. The second kappa shape index (κ2) is 15.4. The summed E-state index contributed by atoms with van der Waals surface area (Å²) in [5.41, 5.74) is 12.0. The van der Waals surface area contributed by atoms with Gasteiger partial charge >= 0.3 is 0 Å². The van der Waals surface area contributed by atoms with Crippen molar-refractivity contribution in [3.05, 3.63) is 223 Å². The SMILES string of the molecule is C(=Cc1ccccc1/C=C(\c1ccccc1)c1cccs1)c1ccccc1C=Cc1ccccc1/C=C(\c1ccccc1)c1cccs1. The van der Waals surface area contributed by atoms with E-state index in [-0.39, 0.29) is 0 Å². The van der Waals surface area contributed by atoms with Crippen LogP contribution >= 0.6 is 22.7 Å². The average molecular weight is 651 g/mol. The first-order chi connectivity index (χ1) is 23.8. The molecule has 0 atom stereocenters. The predicted octanol–water partition coefficient (Wildman–Crippen LogP) is 13.3. The standard InChI is InChI=1S/C46H34S2/c1-3-19-39(20-4-1)43(45-25-13-31-47-45)33-41-23-11-9-17-37(41)29-27-35-15-7-8-16-36(35)28-30-38-18-10-12-24-42(38)34-44(46-26-14-32-48-46)40-21-5-2-6-22-40/h1-34H/b29-27?,30-28?,43-33+,44-34+. The molecule has 0 aliphatic heterocycles. The minimum absolute atomic E-state index is 1.17. The van der Waals surface area contributed by atoms with Crippen LogP contribution < -0.4 is 0 Å². The second-order valence-electron chi connectivity index (χ2n) is 11.4. The highest BCUT2D eigenvalue weighted by Crippen LogP contribution is 2.32. The molecular weight excluding hydrogens is 617 g/mol. The summed E-state index contributed by atoms with van der Waals surface area (Å²) in [6, 6.07) is 55.8. The fourth-order valence-corrected chi connectivity index (χ4v) is 7.29. The van der Waals surface area contributed by atoms with Crippen molar-refractivity contribution in [1.82, 2.24) is 0 Å². The van der Waals surface area contributed by atoms with Gasteiger partial charge in [-0.05, 0) is 90.7 Å². The summed E-state index contributed by atoms with van der Waals surface area (Å²) < 4.78 is 0. The van der Waals surface area contributed by atoms with Crippen molar-refractivity contribution < 1.29 is 0 Å². The van der Waals surface area contributed by atoms with Gasteiger partial charge in [-0.1, -0.05) is 170 Å². The van der Waals surface area contributed by atoms with Crippen LogP contribution in [0.5, 0.6) is 0 Å². The third kappa shape index (κ3) is 7.53. The molecule has 2 heteroatoms. The van der Waals surface area contributed by atoms with Crippen molar-refractivity contribution in [2.45, 2.75) is 0 Å². The van der Waals surface area contributed by atoms with Crippen molar-refractivity contribution in [3.8, 4) is 0 Å². The Kier molecular flexibility index (Phi) is 9.95. The molecule has 2 heterocycles. The molecule has 48 heavy (non-hydrogen) atoms. The number of hydrogen-bond acceptors (Lipinski definition) is 2. The molecule has 0 spiro atoms. The van der Waals surface area contributed by atoms with Crippen LogP contribution in [0.3, 0.4) is 0 Å². The first-order valence-corrected chi connectivity index (χ1v) is 17.8. The van der Waals surface area contributed by atoms with Crippen molar-refractivity contribution in [2.75, 3.05) is 0 Å². The van der Waals surface area contributed by atoms with Crippen molar-refractivity contribution in [1.29, 1.82) is 0 Å². The number of thiophene rings is 2. The van der Waals surface area contributed by atoms with E-state index in [0.717, 1.165) is 0 Å². The lowest BCUT2D eigenvalue weighted by Gasteiger charge is -2.09. The van der Waals surface area contributed by atoms with Gasteiger partial charge in [0.15, 0.2) is 0 Å². The topological polar surface area (TPSA) is 0 Å². The maximum atomic E-state index is 2.32. The Morgan fingerprint density at radius 2 is 0.625 bits per heavy atom. The summed E-state index contributed by atoms with van der Waals surface area (Å²) in [6.07, 6.45) is 13.6. The van der Waals surface area contributed by atoms with Gasteiger partial charge in [-0.15, -0.1) is 22.7 Å². The molecule has 0 aliphatic carbocycles. The molecule has 230 valence electrons. The molecular formula is C46H34S2. The molecule has 0 bridgehead atoms. The highest BCUT2D eigenvalue weighted by atomic mass is 32.1. The fraction of sp³-hybridized carbons (Fsp3) is 0. The van der Waals surface area contributed by atoms with Crippen LogP contribution in [0.25, 0.3) is 47.6 Å². The summed E-state index contributed by atoms with van der Waals surface area (Å²) in [5.74, 6) is 0. The van der Waals surface area contributed by atoms with Gasteiger partial charge in [0.05, 0.1) is 0 Å². The van der Waals surface area contributed by atoms with Gasteiger partial charge in [0.25, 0.3) is 0 Å². The Hall–Kier alpha value is -5.54. The van der Waals surface area contributed by atoms with Crippen molar-refractivity contribution in [2.24, 2.45) is 0 Å². The third-order valence-corrected chi connectivity index (χ3v) is 10.0. The Labute approximate surface area is 291 Å². The van der Waals surface area contributed by atoms with E-state index in [9.17, 15) is 0 Å². The van der Waals surface area contributed by atoms with Crippen LogP contribution in [0, 0.1) is 0 Å². The Morgan fingerprint density at radius 1 is 0.312 bits per heavy atom. The lowest BCUT2D eigenvalue weighted by Crippen LogP contribution is -1.88. The molecule has 7 aromatic rings. The number of hydrogen-bond donors (Lipinski definition) is 0. The number of benzene rings is 5. The largest absolute Gasteiger partial charge is 0.144 e. The van der Waals surface area contributed by atoms with E-state index in [1.165, 1.54) is 65.4 Å². The Bertz CT molecular complexity index is 2040. The quantitative estimate of drug-likeness (QED) is 0.129. The minimum Gasteiger partial charge on any atom is -0.144 e. The molecule has 0 radical (unpaired) electrons. The van der Waals surface area contributed by atoms with Crippen LogP contribution in [0.4, 0.5) is 0 Å². The van der Waals surface area contributed by atoms with Gasteiger partial charge in [0.2, 0.25) is 0 Å². The Morgan fingerprint density at radius 3 is 0.958 bits per heavy atom. The molecule has 5 aromatic carbocycles.